The van der Waals surface area contributed by atoms with Gasteiger partial charge in [-0.15, -0.1) is 0 Å². The average molecular weight is 301 g/mol. The van der Waals surface area contributed by atoms with Crippen LogP contribution in [0.15, 0.2) is 48.5 Å². The molecular weight excluding hydrogens is 284 g/mol. The number of carbonyl (C=O) groups is 1. The molecule has 2 aromatic rings. The van der Waals surface area contributed by atoms with Crippen molar-refractivity contribution in [2.45, 2.75) is 12.5 Å². The number of fused-ring (bicyclic) bond motifs is 1. The number of amides is 1. The number of halogens is 1. The molecule has 3 rings (SSSR count). The molecule has 0 aromatic heterocycles. The summed E-state index contributed by atoms with van der Waals surface area (Å²) in [4.78, 5) is 14.5. The number of nitrogens with one attached hydrogen (secondary N) is 1. The second-order valence-electron chi connectivity index (χ2n) is 5.40. The Balaban J connectivity index is 1.81. The molecule has 1 aliphatic heterocycles. The van der Waals surface area contributed by atoms with Crippen LogP contribution in [0.25, 0.3) is 0 Å². The van der Waals surface area contributed by atoms with Crippen LogP contribution in [-0.4, -0.2) is 25.5 Å². The molecule has 1 N–H and O–H groups in total. The summed E-state index contributed by atoms with van der Waals surface area (Å²) in [5, 5.41) is 3.84. The Morgan fingerprint density at radius 1 is 1.19 bits per heavy atom. The van der Waals surface area contributed by atoms with Crippen molar-refractivity contribution in [2.75, 3.05) is 18.5 Å². The van der Waals surface area contributed by atoms with E-state index in [1.165, 1.54) is 5.56 Å². The molecule has 1 atom stereocenters. The Morgan fingerprint density at radius 3 is 2.67 bits per heavy atom. The highest BCUT2D eigenvalue weighted by Crippen LogP contribution is 2.23. The fraction of sp³-hybridized carbons (Fsp3) is 0.235. The van der Waals surface area contributed by atoms with Crippen molar-refractivity contribution in [3.05, 3.63) is 64.7 Å². The largest absolute Gasteiger partial charge is 0.372 e. The number of hydrogen-bond donors (Lipinski definition) is 1. The molecule has 0 saturated carbocycles. The second-order valence-corrected chi connectivity index (χ2v) is 5.84. The zero-order chi connectivity index (χ0) is 14.8. The molecule has 3 nitrogen and oxygen atoms in total. The predicted octanol–water partition coefficient (Wildman–Crippen LogP) is 3.13. The van der Waals surface area contributed by atoms with Crippen LogP contribution in [0.2, 0.25) is 5.02 Å². The van der Waals surface area contributed by atoms with Crippen molar-refractivity contribution in [3.63, 3.8) is 0 Å². The van der Waals surface area contributed by atoms with Crippen molar-refractivity contribution >= 4 is 23.2 Å². The van der Waals surface area contributed by atoms with Crippen LogP contribution in [0.1, 0.15) is 15.9 Å². The maximum atomic E-state index is 12.3. The highest BCUT2D eigenvalue weighted by atomic mass is 35.5. The third kappa shape index (κ3) is 3.03. The van der Waals surface area contributed by atoms with E-state index in [4.69, 9.17) is 11.6 Å². The van der Waals surface area contributed by atoms with Crippen molar-refractivity contribution in [1.82, 2.24) is 5.32 Å². The zero-order valence-corrected chi connectivity index (χ0v) is 12.6. The molecule has 0 fully saturated rings. The summed E-state index contributed by atoms with van der Waals surface area (Å²) in [7, 11) is 2.02. The lowest BCUT2D eigenvalue weighted by molar-refractivity contribution is 0.0942. The zero-order valence-electron chi connectivity index (χ0n) is 11.8. The van der Waals surface area contributed by atoms with Crippen molar-refractivity contribution in [3.8, 4) is 0 Å². The first-order valence-corrected chi connectivity index (χ1v) is 7.37. The topological polar surface area (TPSA) is 32.3 Å². The van der Waals surface area contributed by atoms with Crippen LogP contribution < -0.4 is 10.2 Å². The van der Waals surface area contributed by atoms with Gasteiger partial charge >= 0.3 is 0 Å². The van der Waals surface area contributed by atoms with Crippen LogP contribution in [0, 0.1) is 0 Å². The molecule has 4 heteroatoms. The lowest BCUT2D eigenvalue weighted by Gasteiger charge is -2.23. The van der Waals surface area contributed by atoms with E-state index in [0.717, 1.165) is 29.2 Å². The fourth-order valence-electron chi connectivity index (χ4n) is 2.76. The summed E-state index contributed by atoms with van der Waals surface area (Å²) in [6.07, 6.45) is 0.793. The standard InChI is InChI=1S/C17H17ClN2O/c1-20-11-14(10-12-6-8-13(18)9-7-12)19-17(21)15-4-2-3-5-16(15)20/h2-9,14H,10-11H2,1H3,(H,19,21). The van der Waals surface area contributed by atoms with Gasteiger partial charge in [0.25, 0.3) is 5.91 Å². The van der Waals surface area contributed by atoms with Crippen LogP contribution in [0.5, 0.6) is 0 Å². The lowest BCUT2D eigenvalue weighted by Crippen LogP contribution is -2.41. The van der Waals surface area contributed by atoms with E-state index in [2.05, 4.69) is 10.2 Å². The number of benzene rings is 2. The molecule has 1 amide bonds. The summed E-state index contributed by atoms with van der Waals surface area (Å²) in [6.45, 7) is 0.783. The van der Waals surface area contributed by atoms with Gasteiger partial charge in [0, 0.05) is 24.3 Å². The molecule has 21 heavy (non-hydrogen) atoms. The van der Waals surface area contributed by atoms with E-state index in [-0.39, 0.29) is 11.9 Å². The third-order valence-electron chi connectivity index (χ3n) is 3.78. The maximum Gasteiger partial charge on any atom is 0.253 e. The van der Waals surface area contributed by atoms with Crippen molar-refractivity contribution < 1.29 is 4.79 Å². The highest BCUT2D eigenvalue weighted by molar-refractivity contribution is 6.30. The van der Waals surface area contributed by atoms with E-state index in [9.17, 15) is 4.79 Å². The maximum absolute atomic E-state index is 12.3. The molecule has 2 aromatic carbocycles. The van der Waals surface area contributed by atoms with Crippen LogP contribution >= 0.6 is 11.6 Å². The number of anilines is 1. The molecule has 0 aliphatic carbocycles. The first-order valence-electron chi connectivity index (χ1n) is 6.99. The number of carbonyl (C=O) groups excluding carboxylic acids is 1. The van der Waals surface area contributed by atoms with Crippen molar-refractivity contribution in [1.29, 1.82) is 0 Å². The van der Waals surface area contributed by atoms with Crippen LogP contribution in [0.3, 0.4) is 0 Å². The van der Waals surface area contributed by atoms with E-state index in [1.807, 2.05) is 55.6 Å². The summed E-state index contributed by atoms with van der Waals surface area (Å²) in [6, 6.07) is 15.6. The Kier molecular flexibility index (Phi) is 3.84. The fourth-order valence-corrected chi connectivity index (χ4v) is 2.88. The molecule has 1 heterocycles. The van der Waals surface area contributed by atoms with Gasteiger partial charge in [0.1, 0.15) is 0 Å². The van der Waals surface area contributed by atoms with Gasteiger partial charge in [0.2, 0.25) is 0 Å². The molecule has 0 spiro atoms. The van der Waals surface area contributed by atoms with Gasteiger partial charge in [-0.05, 0) is 36.2 Å². The van der Waals surface area contributed by atoms with E-state index in [0.29, 0.717) is 0 Å². The summed E-state index contributed by atoms with van der Waals surface area (Å²) < 4.78 is 0. The summed E-state index contributed by atoms with van der Waals surface area (Å²) in [5.41, 5.74) is 2.89. The Bertz CT molecular complexity index is 654. The summed E-state index contributed by atoms with van der Waals surface area (Å²) >= 11 is 5.91. The van der Waals surface area contributed by atoms with Gasteiger partial charge in [-0.25, -0.2) is 0 Å². The van der Waals surface area contributed by atoms with Crippen molar-refractivity contribution in [2.24, 2.45) is 0 Å². The number of para-hydroxylation sites is 1. The van der Waals surface area contributed by atoms with Gasteiger partial charge in [-0.1, -0.05) is 35.9 Å². The number of likely N-dealkylation sites (N-methyl/N-ethyl adjacent to an activating group) is 1. The number of hydrogen-bond acceptors (Lipinski definition) is 2. The minimum atomic E-state index is -0.00564. The minimum absolute atomic E-state index is 0.00564. The average Bonchev–Trinajstić information content (AvgIpc) is 2.60. The predicted molar refractivity (Wildman–Crippen MR) is 86.1 cm³/mol. The number of nitrogens with zero attached hydrogens (tertiary/aromatic N) is 1. The monoisotopic (exact) mass is 300 g/mol. The molecule has 0 bridgehead atoms. The van der Waals surface area contributed by atoms with Crippen LogP contribution in [0.4, 0.5) is 5.69 Å². The van der Waals surface area contributed by atoms with Gasteiger partial charge in [-0.3, -0.25) is 4.79 Å². The van der Waals surface area contributed by atoms with E-state index >= 15 is 0 Å². The van der Waals surface area contributed by atoms with Gasteiger partial charge in [0.15, 0.2) is 0 Å². The second kappa shape index (κ2) is 5.78. The third-order valence-corrected chi connectivity index (χ3v) is 4.04. The Labute approximate surface area is 129 Å². The van der Waals surface area contributed by atoms with E-state index < -0.39 is 0 Å². The normalized spacial score (nSPS) is 17.9. The highest BCUT2D eigenvalue weighted by Gasteiger charge is 2.24. The first-order chi connectivity index (χ1) is 10.1. The molecule has 1 unspecified atom stereocenters. The quantitative estimate of drug-likeness (QED) is 0.924. The van der Waals surface area contributed by atoms with Crippen LogP contribution in [-0.2, 0) is 6.42 Å². The number of rotatable bonds is 2. The first kappa shape index (κ1) is 14.0. The Hall–Kier alpha value is -2.00. The SMILES string of the molecule is CN1CC(Cc2ccc(Cl)cc2)NC(=O)c2ccccc21. The van der Waals surface area contributed by atoms with Gasteiger partial charge in [0.05, 0.1) is 11.6 Å². The summed E-state index contributed by atoms with van der Waals surface area (Å²) in [5.74, 6) is -0.00564. The molecule has 1 aliphatic rings. The molecule has 108 valence electrons. The molecular formula is C17H17ClN2O. The smallest absolute Gasteiger partial charge is 0.253 e. The van der Waals surface area contributed by atoms with Gasteiger partial charge in [-0.2, -0.15) is 0 Å². The minimum Gasteiger partial charge on any atom is -0.372 e. The lowest BCUT2D eigenvalue weighted by atomic mass is 10.1. The van der Waals surface area contributed by atoms with E-state index in [1.54, 1.807) is 0 Å². The molecule has 0 saturated heterocycles. The van der Waals surface area contributed by atoms with Gasteiger partial charge < -0.3 is 10.2 Å². The molecule has 0 radical (unpaired) electrons. The Morgan fingerprint density at radius 2 is 1.90 bits per heavy atom.